The van der Waals surface area contributed by atoms with Crippen LogP contribution in [0.5, 0.6) is 0 Å². The molecule has 0 spiro atoms. The first-order valence-corrected chi connectivity index (χ1v) is 6.07. The fourth-order valence-electron chi connectivity index (χ4n) is 3.01. The Hall–Kier alpha value is -1.76. The van der Waals surface area contributed by atoms with Crippen LogP contribution >= 0.6 is 0 Å². The number of rotatable bonds is 0. The quantitative estimate of drug-likeness (QED) is 0.680. The second kappa shape index (κ2) is 3.36. The maximum atomic E-state index is 6.12. The predicted octanol–water partition coefficient (Wildman–Crippen LogP) is 3.50. The van der Waals surface area contributed by atoms with Crippen LogP contribution in [0.1, 0.15) is 36.1 Å². The van der Waals surface area contributed by atoms with Gasteiger partial charge in [-0.15, -0.1) is 0 Å². The Morgan fingerprint density at radius 3 is 2.47 bits per heavy atom. The first kappa shape index (κ1) is 10.4. The molecule has 0 aromatic heterocycles. The van der Waals surface area contributed by atoms with Gasteiger partial charge in [0.25, 0.3) is 0 Å². The molecule has 1 aliphatic carbocycles. The van der Waals surface area contributed by atoms with Gasteiger partial charge in [-0.3, -0.25) is 0 Å². The molecule has 0 amide bonds. The molecule has 1 heteroatoms. The minimum Gasteiger partial charge on any atom is -0.398 e. The Bertz CT molecular complexity index is 582. The lowest BCUT2D eigenvalue weighted by atomic mass is 9.69. The lowest BCUT2D eigenvalue weighted by Gasteiger charge is -2.35. The molecule has 0 fully saturated rings. The lowest BCUT2D eigenvalue weighted by molar-refractivity contribution is 0.611. The van der Waals surface area contributed by atoms with E-state index in [1.54, 1.807) is 0 Å². The molecule has 0 bridgehead atoms. The first-order valence-electron chi connectivity index (χ1n) is 6.07. The summed E-state index contributed by atoms with van der Waals surface area (Å²) in [6.07, 6.45) is 0.960. The van der Waals surface area contributed by atoms with Crippen LogP contribution in [0.2, 0.25) is 0 Å². The standard InChI is InChI=1S/C16H17N/c1-16(2)13-7-4-3-6-11(13)10-12-14(16)8-5-9-15(12)17/h3-9H,10,17H2,1-2H3. The molecule has 0 atom stereocenters. The van der Waals surface area contributed by atoms with Crippen LogP contribution in [0.15, 0.2) is 42.5 Å². The van der Waals surface area contributed by atoms with Crippen LogP contribution in [0, 0.1) is 0 Å². The van der Waals surface area contributed by atoms with E-state index >= 15 is 0 Å². The summed E-state index contributed by atoms with van der Waals surface area (Å²) in [7, 11) is 0. The van der Waals surface area contributed by atoms with E-state index in [4.69, 9.17) is 5.73 Å². The number of benzene rings is 2. The fraction of sp³-hybridized carbons (Fsp3) is 0.250. The largest absolute Gasteiger partial charge is 0.398 e. The maximum absolute atomic E-state index is 6.12. The highest BCUT2D eigenvalue weighted by Gasteiger charge is 2.32. The number of hydrogen-bond acceptors (Lipinski definition) is 1. The summed E-state index contributed by atoms with van der Waals surface area (Å²) < 4.78 is 0. The zero-order valence-corrected chi connectivity index (χ0v) is 10.3. The van der Waals surface area contributed by atoms with Gasteiger partial charge in [-0.25, -0.2) is 0 Å². The fourth-order valence-corrected chi connectivity index (χ4v) is 3.01. The summed E-state index contributed by atoms with van der Waals surface area (Å²) in [5.41, 5.74) is 12.6. The van der Waals surface area contributed by atoms with Crippen LogP contribution in [-0.4, -0.2) is 0 Å². The van der Waals surface area contributed by atoms with E-state index in [-0.39, 0.29) is 5.41 Å². The third kappa shape index (κ3) is 1.39. The summed E-state index contributed by atoms with van der Waals surface area (Å²) in [4.78, 5) is 0. The van der Waals surface area contributed by atoms with Crippen molar-refractivity contribution in [1.29, 1.82) is 0 Å². The Balaban J connectivity index is 2.31. The van der Waals surface area contributed by atoms with Crippen LogP contribution in [-0.2, 0) is 11.8 Å². The molecule has 0 saturated heterocycles. The molecule has 0 radical (unpaired) electrons. The molecule has 0 saturated carbocycles. The van der Waals surface area contributed by atoms with Gasteiger partial charge in [0.1, 0.15) is 0 Å². The van der Waals surface area contributed by atoms with Crippen molar-refractivity contribution in [3.63, 3.8) is 0 Å². The van der Waals surface area contributed by atoms with Gasteiger partial charge in [-0.1, -0.05) is 50.2 Å². The molecule has 0 heterocycles. The van der Waals surface area contributed by atoms with Crippen LogP contribution in [0.25, 0.3) is 0 Å². The van der Waals surface area contributed by atoms with Gasteiger partial charge in [0, 0.05) is 17.5 Å². The smallest absolute Gasteiger partial charge is 0.0353 e. The third-order valence-electron chi connectivity index (χ3n) is 3.94. The molecule has 1 aliphatic rings. The van der Waals surface area contributed by atoms with E-state index in [0.717, 1.165) is 12.1 Å². The number of fused-ring (bicyclic) bond motifs is 2. The number of hydrogen-bond donors (Lipinski definition) is 1. The zero-order chi connectivity index (χ0) is 12.0. The van der Waals surface area contributed by atoms with E-state index in [2.05, 4.69) is 50.2 Å². The van der Waals surface area contributed by atoms with Crippen LogP contribution in [0.4, 0.5) is 5.69 Å². The Labute approximate surface area is 102 Å². The topological polar surface area (TPSA) is 26.0 Å². The van der Waals surface area contributed by atoms with E-state index in [9.17, 15) is 0 Å². The minimum atomic E-state index is 0.0551. The molecule has 1 nitrogen and oxygen atoms in total. The highest BCUT2D eigenvalue weighted by Crippen LogP contribution is 2.42. The van der Waals surface area contributed by atoms with Gasteiger partial charge in [-0.2, -0.15) is 0 Å². The average molecular weight is 223 g/mol. The Kier molecular flexibility index (Phi) is 2.06. The van der Waals surface area contributed by atoms with E-state index in [1.165, 1.54) is 22.3 Å². The van der Waals surface area contributed by atoms with Crippen LogP contribution in [0.3, 0.4) is 0 Å². The number of anilines is 1. The molecular weight excluding hydrogens is 206 g/mol. The summed E-state index contributed by atoms with van der Waals surface area (Å²) >= 11 is 0. The van der Waals surface area contributed by atoms with Crippen molar-refractivity contribution in [2.45, 2.75) is 25.7 Å². The SMILES string of the molecule is CC1(C)c2ccccc2Cc2c(N)cccc21. The number of nitrogen functional groups attached to an aromatic ring is 1. The molecule has 86 valence electrons. The normalized spacial score (nSPS) is 16.1. The second-order valence-electron chi connectivity index (χ2n) is 5.33. The maximum Gasteiger partial charge on any atom is 0.0353 e. The second-order valence-corrected chi connectivity index (χ2v) is 5.33. The highest BCUT2D eigenvalue weighted by atomic mass is 14.6. The molecule has 0 aliphatic heterocycles. The molecule has 17 heavy (non-hydrogen) atoms. The van der Waals surface area contributed by atoms with Crippen molar-refractivity contribution in [3.8, 4) is 0 Å². The van der Waals surface area contributed by atoms with Crippen LogP contribution < -0.4 is 5.73 Å². The molecule has 2 aromatic rings. The summed E-state index contributed by atoms with van der Waals surface area (Å²) in [5.74, 6) is 0. The Morgan fingerprint density at radius 2 is 1.65 bits per heavy atom. The summed E-state index contributed by atoms with van der Waals surface area (Å²) in [5, 5.41) is 0. The monoisotopic (exact) mass is 223 g/mol. The van der Waals surface area contributed by atoms with Gasteiger partial charge in [0.05, 0.1) is 0 Å². The van der Waals surface area contributed by atoms with Gasteiger partial charge < -0.3 is 5.73 Å². The van der Waals surface area contributed by atoms with Crippen molar-refractivity contribution in [1.82, 2.24) is 0 Å². The van der Waals surface area contributed by atoms with Crippen molar-refractivity contribution in [2.75, 3.05) is 5.73 Å². The molecule has 2 aromatic carbocycles. The highest BCUT2D eigenvalue weighted by molar-refractivity contribution is 5.61. The number of nitrogens with two attached hydrogens (primary N) is 1. The van der Waals surface area contributed by atoms with Gasteiger partial charge in [0.2, 0.25) is 0 Å². The van der Waals surface area contributed by atoms with E-state index in [1.807, 2.05) is 6.07 Å². The van der Waals surface area contributed by atoms with Crippen molar-refractivity contribution in [3.05, 3.63) is 64.7 Å². The van der Waals surface area contributed by atoms with Gasteiger partial charge >= 0.3 is 0 Å². The average Bonchev–Trinajstić information content (AvgIpc) is 2.31. The third-order valence-corrected chi connectivity index (χ3v) is 3.94. The lowest BCUT2D eigenvalue weighted by Crippen LogP contribution is -2.27. The van der Waals surface area contributed by atoms with Crippen molar-refractivity contribution < 1.29 is 0 Å². The Morgan fingerprint density at radius 1 is 0.941 bits per heavy atom. The summed E-state index contributed by atoms with van der Waals surface area (Å²) in [6.45, 7) is 4.56. The van der Waals surface area contributed by atoms with Crippen molar-refractivity contribution >= 4 is 5.69 Å². The minimum absolute atomic E-state index is 0.0551. The molecule has 2 N–H and O–H groups in total. The van der Waals surface area contributed by atoms with Gasteiger partial charge in [0.15, 0.2) is 0 Å². The van der Waals surface area contributed by atoms with E-state index in [0.29, 0.717) is 0 Å². The molecule has 0 unspecified atom stereocenters. The zero-order valence-electron chi connectivity index (χ0n) is 10.3. The first-order chi connectivity index (χ1) is 8.10. The summed E-state index contributed by atoms with van der Waals surface area (Å²) in [6, 6.07) is 15.0. The predicted molar refractivity (Wildman–Crippen MR) is 72.2 cm³/mol. The van der Waals surface area contributed by atoms with Gasteiger partial charge in [-0.05, 0) is 28.3 Å². The van der Waals surface area contributed by atoms with E-state index < -0.39 is 0 Å². The molecular formula is C16H17N. The molecule has 3 rings (SSSR count). The van der Waals surface area contributed by atoms with Crippen molar-refractivity contribution in [2.24, 2.45) is 0 Å².